The molecule has 1 rings (SSSR count). The van der Waals surface area contributed by atoms with Crippen molar-refractivity contribution in [3.05, 3.63) is 0 Å². The Balaban J connectivity index is 0.000000187. The summed E-state index contributed by atoms with van der Waals surface area (Å²) in [5.41, 5.74) is 0. The average Bonchev–Trinajstić information content (AvgIpc) is 2.20. The van der Waals surface area contributed by atoms with Crippen molar-refractivity contribution >= 4 is 6.29 Å². The summed E-state index contributed by atoms with van der Waals surface area (Å²) in [5, 5.41) is 9.92. The lowest BCUT2D eigenvalue weighted by molar-refractivity contribution is -0.106. The van der Waals surface area contributed by atoms with Crippen molar-refractivity contribution in [1.29, 1.82) is 0 Å². The van der Waals surface area contributed by atoms with E-state index in [4.69, 9.17) is 10.0 Å². The molecule has 3 heteroatoms. The van der Waals surface area contributed by atoms with Gasteiger partial charge in [0, 0.05) is 13.1 Å². The zero-order valence-electron chi connectivity index (χ0n) is 5.71. The minimum absolute atomic E-state index is 0.750. The maximum absolute atomic E-state index is 8.81. The standard InChI is InChI=1S/C4H9NO.C2H4O/c6-5-3-1-2-4-5;1-2-3/h6H,1-4H2;2H,1H3. The first-order valence-electron chi connectivity index (χ1n) is 3.15. The highest BCUT2D eigenvalue weighted by atomic mass is 16.5. The van der Waals surface area contributed by atoms with Gasteiger partial charge >= 0.3 is 0 Å². The summed E-state index contributed by atoms with van der Waals surface area (Å²) in [6, 6.07) is 0. The molecule has 0 bridgehead atoms. The van der Waals surface area contributed by atoms with Gasteiger partial charge in [-0.15, -0.1) is 0 Å². The normalized spacial score (nSPS) is 18.4. The number of carbonyl (C=O) groups is 1. The minimum Gasteiger partial charge on any atom is -0.314 e. The van der Waals surface area contributed by atoms with E-state index >= 15 is 0 Å². The molecule has 1 N–H and O–H groups in total. The summed E-state index contributed by atoms with van der Waals surface area (Å²) in [4.78, 5) is 8.81. The molecule has 1 heterocycles. The third kappa shape index (κ3) is 5.46. The van der Waals surface area contributed by atoms with Crippen molar-refractivity contribution in [3.8, 4) is 0 Å². The summed E-state index contributed by atoms with van der Waals surface area (Å²) in [5.74, 6) is 0. The highest BCUT2D eigenvalue weighted by molar-refractivity contribution is 5.44. The van der Waals surface area contributed by atoms with Crippen LogP contribution in [0.15, 0.2) is 0 Å². The van der Waals surface area contributed by atoms with Crippen molar-refractivity contribution in [2.45, 2.75) is 19.8 Å². The zero-order chi connectivity index (χ0) is 7.11. The van der Waals surface area contributed by atoms with Gasteiger partial charge in [-0.2, -0.15) is 5.06 Å². The van der Waals surface area contributed by atoms with E-state index in [0.717, 1.165) is 32.2 Å². The van der Waals surface area contributed by atoms with E-state index in [1.807, 2.05) is 0 Å². The molecule has 0 saturated carbocycles. The molecule has 9 heavy (non-hydrogen) atoms. The van der Waals surface area contributed by atoms with Crippen LogP contribution < -0.4 is 0 Å². The van der Waals surface area contributed by atoms with Crippen molar-refractivity contribution < 1.29 is 10.0 Å². The third-order valence-electron chi connectivity index (χ3n) is 1.08. The highest BCUT2D eigenvalue weighted by Gasteiger charge is 2.05. The van der Waals surface area contributed by atoms with Gasteiger partial charge < -0.3 is 10.0 Å². The summed E-state index contributed by atoms with van der Waals surface area (Å²) in [6.07, 6.45) is 3.08. The Bertz CT molecular complexity index is 69.5. The molecular weight excluding hydrogens is 118 g/mol. The second kappa shape index (κ2) is 5.72. The summed E-state index contributed by atoms with van der Waals surface area (Å²) >= 11 is 0. The van der Waals surface area contributed by atoms with Gasteiger partial charge in [-0.3, -0.25) is 0 Å². The maximum atomic E-state index is 8.81. The second-order valence-electron chi connectivity index (χ2n) is 1.90. The number of carbonyl (C=O) groups excluding carboxylic acids is 1. The van der Waals surface area contributed by atoms with E-state index in [2.05, 4.69) is 0 Å². The Morgan fingerprint density at radius 2 is 1.78 bits per heavy atom. The lowest BCUT2D eigenvalue weighted by atomic mass is 10.4. The molecule has 0 amide bonds. The topological polar surface area (TPSA) is 40.5 Å². The average molecular weight is 131 g/mol. The number of aldehydes is 1. The van der Waals surface area contributed by atoms with Crippen LogP contribution in [0.5, 0.6) is 0 Å². The number of nitrogens with zero attached hydrogens (tertiary/aromatic N) is 1. The predicted octanol–water partition coefficient (Wildman–Crippen LogP) is 0.677. The summed E-state index contributed by atoms with van der Waals surface area (Å²) in [6.45, 7) is 3.19. The quantitative estimate of drug-likeness (QED) is 0.491. The SMILES string of the molecule is CC=O.ON1CCCC1. The van der Waals surface area contributed by atoms with Gasteiger partial charge in [-0.05, 0) is 19.8 Å². The van der Waals surface area contributed by atoms with Crippen LogP contribution in [0, 0.1) is 0 Å². The molecule has 0 aromatic rings. The smallest absolute Gasteiger partial charge is 0.116 e. The molecule has 0 atom stereocenters. The van der Waals surface area contributed by atoms with Gasteiger partial charge in [0.2, 0.25) is 0 Å². The molecular formula is C6H13NO2. The molecule has 54 valence electrons. The van der Waals surface area contributed by atoms with Crippen LogP contribution in [0.4, 0.5) is 0 Å². The first kappa shape index (κ1) is 8.59. The van der Waals surface area contributed by atoms with E-state index in [1.165, 1.54) is 12.0 Å². The largest absolute Gasteiger partial charge is 0.314 e. The van der Waals surface area contributed by atoms with E-state index in [0.29, 0.717) is 0 Å². The molecule has 1 fully saturated rings. The van der Waals surface area contributed by atoms with Gasteiger partial charge in [0.15, 0.2) is 0 Å². The number of hydroxylamine groups is 2. The van der Waals surface area contributed by atoms with E-state index in [9.17, 15) is 0 Å². The van der Waals surface area contributed by atoms with Crippen molar-refractivity contribution in [2.24, 2.45) is 0 Å². The molecule has 0 spiro atoms. The van der Waals surface area contributed by atoms with E-state index in [-0.39, 0.29) is 0 Å². The molecule has 0 aromatic heterocycles. The Labute approximate surface area is 55.2 Å². The molecule has 0 aromatic carbocycles. The van der Waals surface area contributed by atoms with Crippen LogP contribution in [0.3, 0.4) is 0 Å². The Morgan fingerprint density at radius 1 is 1.44 bits per heavy atom. The van der Waals surface area contributed by atoms with Crippen LogP contribution >= 0.6 is 0 Å². The van der Waals surface area contributed by atoms with Crippen LogP contribution in [0.25, 0.3) is 0 Å². The van der Waals surface area contributed by atoms with Crippen molar-refractivity contribution in [2.75, 3.05) is 13.1 Å². The van der Waals surface area contributed by atoms with Crippen LogP contribution in [0.2, 0.25) is 0 Å². The number of hydrogen-bond donors (Lipinski definition) is 1. The fourth-order valence-corrected chi connectivity index (χ4v) is 0.700. The maximum Gasteiger partial charge on any atom is 0.116 e. The molecule has 1 aliphatic heterocycles. The fraction of sp³-hybridized carbons (Fsp3) is 0.833. The van der Waals surface area contributed by atoms with Gasteiger partial charge in [-0.1, -0.05) is 0 Å². The third-order valence-corrected chi connectivity index (χ3v) is 1.08. The first-order chi connectivity index (χ1) is 4.31. The molecule has 0 unspecified atom stereocenters. The van der Waals surface area contributed by atoms with Gasteiger partial charge in [0.25, 0.3) is 0 Å². The van der Waals surface area contributed by atoms with Gasteiger partial charge in [0.05, 0.1) is 0 Å². The molecule has 1 aliphatic rings. The number of hydrogen-bond acceptors (Lipinski definition) is 3. The van der Waals surface area contributed by atoms with Crippen LogP contribution in [-0.4, -0.2) is 29.6 Å². The Kier molecular flexibility index (Phi) is 5.46. The molecule has 1 saturated heterocycles. The highest BCUT2D eigenvalue weighted by Crippen LogP contribution is 2.01. The van der Waals surface area contributed by atoms with E-state index in [1.54, 1.807) is 0 Å². The van der Waals surface area contributed by atoms with E-state index < -0.39 is 0 Å². The lowest BCUT2D eigenvalue weighted by Crippen LogP contribution is -2.11. The predicted molar refractivity (Wildman–Crippen MR) is 34.3 cm³/mol. The molecule has 3 nitrogen and oxygen atoms in total. The van der Waals surface area contributed by atoms with Crippen LogP contribution in [-0.2, 0) is 4.79 Å². The Morgan fingerprint density at radius 3 is 1.89 bits per heavy atom. The number of rotatable bonds is 0. The van der Waals surface area contributed by atoms with Crippen molar-refractivity contribution in [3.63, 3.8) is 0 Å². The Hall–Kier alpha value is -0.410. The monoisotopic (exact) mass is 131 g/mol. The van der Waals surface area contributed by atoms with Gasteiger partial charge in [-0.25, -0.2) is 0 Å². The summed E-state index contributed by atoms with van der Waals surface area (Å²) in [7, 11) is 0. The van der Waals surface area contributed by atoms with Crippen molar-refractivity contribution in [1.82, 2.24) is 5.06 Å². The summed E-state index contributed by atoms with van der Waals surface area (Å²) < 4.78 is 0. The fourth-order valence-electron chi connectivity index (χ4n) is 0.700. The lowest BCUT2D eigenvalue weighted by Gasteiger charge is -1.99. The first-order valence-corrected chi connectivity index (χ1v) is 3.15. The molecule has 0 radical (unpaired) electrons. The van der Waals surface area contributed by atoms with Crippen LogP contribution in [0.1, 0.15) is 19.8 Å². The molecule has 0 aliphatic carbocycles. The zero-order valence-corrected chi connectivity index (χ0v) is 5.71. The minimum atomic E-state index is 0.750. The second-order valence-corrected chi connectivity index (χ2v) is 1.90. The van der Waals surface area contributed by atoms with Gasteiger partial charge in [0.1, 0.15) is 6.29 Å².